The molecular formula is C14H14N2O5. The molecule has 0 spiro atoms. The van der Waals surface area contributed by atoms with Gasteiger partial charge in [0.25, 0.3) is 0 Å². The van der Waals surface area contributed by atoms with E-state index < -0.39 is 17.7 Å². The second-order valence-electron chi connectivity index (χ2n) is 4.37. The summed E-state index contributed by atoms with van der Waals surface area (Å²) in [6.07, 6.45) is 1.51. The number of furan rings is 1. The van der Waals surface area contributed by atoms with Crippen molar-refractivity contribution in [1.29, 1.82) is 0 Å². The Labute approximate surface area is 120 Å². The van der Waals surface area contributed by atoms with Crippen LogP contribution in [0.25, 0.3) is 0 Å². The van der Waals surface area contributed by atoms with E-state index >= 15 is 0 Å². The van der Waals surface area contributed by atoms with Crippen molar-refractivity contribution in [3.8, 4) is 5.75 Å². The smallest absolute Gasteiger partial charge is 0.339 e. The molecule has 1 aromatic heterocycles. The molecule has 7 nitrogen and oxygen atoms in total. The van der Waals surface area contributed by atoms with Crippen LogP contribution >= 0.6 is 0 Å². The number of benzene rings is 1. The van der Waals surface area contributed by atoms with E-state index in [1.807, 2.05) is 0 Å². The molecular weight excluding hydrogens is 276 g/mol. The standard InChI is InChI=1S/C14H14N2O5/c1-8(12-3-2-6-21-12)15-14(20)16-9-4-5-10(13(18)19)11(17)7-9/h2-8,17H,1H3,(H,18,19)(H2,15,16,20). The first-order valence-electron chi connectivity index (χ1n) is 6.14. The van der Waals surface area contributed by atoms with Crippen molar-refractivity contribution in [1.82, 2.24) is 5.32 Å². The lowest BCUT2D eigenvalue weighted by atomic mass is 10.2. The lowest BCUT2D eigenvalue weighted by molar-refractivity contribution is 0.0694. The zero-order valence-corrected chi connectivity index (χ0v) is 11.2. The minimum absolute atomic E-state index is 0.232. The fourth-order valence-electron chi connectivity index (χ4n) is 1.76. The molecule has 0 bridgehead atoms. The lowest BCUT2D eigenvalue weighted by Crippen LogP contribution is -2.30. The summed E-state index contributed by atoms with van der Waals surface area (Å²) in [5.41, 5.74) is 0.0477. The molecule has 1 unspecified atom stereocenters. The number of carboxylic acid groups (broad SMARTS) is 1. The molecule has 7 heteroatoms. The largest absolute Gasteiger partial charge is 0.507 e. The van der Waals surface area contributed by atoms with Crippen LogP contribution in [0.2, 0.25) is 0 Å². The molecule has 2 amide bonds. The Morgan fingerprint density at radius 1 is 1.29 bits per heavy atom. The second kappa shape index (κ2) is 6.00. The number of hydrogen-bond donors (Lipinski definition) is 4. The number of hydrogen-bond acceptors (Lipinski definition) is 4. The highest BCUT2D eigenvalue weighted by Crippen LogP contribution is 2.22. The van der Waals surface area contributed by atoms with Crippen molar-refractivity contribution >= 4 is 17.7 Å². The van der Waals surface area contributed by atoms with Gasteiger partial charge in [0.05, 0.1) is 12.3 Å². The summed E-state index contributed by atoms with van der Waals surface area (Å²) in [6.45, 7) is 1.75. The predicted molar refractivity (Wildman–Crippen MR) is 74.3 cm³/mol. The molecule has 2 aromatic rings. The van der Waals surface area contributed by atoms with Crippen molar-refractivity contribution in [3.05, 3.63) is 47.9 Å². The van der Waals surface area contributed by atoms with Gasteiger partial charge in [0, 0.05) is 11.8 Å². The number of nitrogens with one attached hydrogen (secondary N) is 2. The molecule has 1 atom stereocenters. The van der Waals surface area contributed by atoms with E-state index in [-0.39, 0.29) is 17.3 Å². The van der Waals surface area contributed by atoms with E-state index in [4.69, 9.17) is 9.52 Å². The first-order valence-corrected chi connectivity index (χ1v) is 6.14. The van der Waals surface area contributed by atoms with Gasteiger partial charge in [-0.2, -0.15) is 0 Å². The maximum absolute atomic E-state index is 11.8. The van der Waals surface area contributed by atoms with Crippen molar-refractivity contribution in [2.45, 2.75) is 13.0 Å². The molecule has 4 N–H and O–H groups in total. The van der Waals surface area contributed by atoms with Crippen LogP contribution in [0.5, 0.6) is 5.75 Å². The van der Waals surface area contributed by atoms with Crippen LogP contribution in [0, 0.1) is 0 Å². The molecule has 0 saturated carbocycles. The maximum atomic E-state index is 11.8. The summed E-state index contributed by atoms with van der Waals surface area (Å²) in [4.78, 5) is 22.5. The number of phenols is 1. The van der Waals surface area contributed by atoms with Gasteiger partial charge in [0.1, 0.15) is 17.1 Å². The van der Waals surface area contributed by atoms with Gasteiger partial charge >= 0.3 is 12.0 Å². The zero-order valence-electron chi connectivity index (χ0n) is 11.2. The van der Waals surface area contributed by atoms with Crippen LogP contribution in [0.3, 0.4) is 0 Å². The van der Waals surface area contributed by atoms with Crippen molar-refractivity contribution in [3.63, 3.8) is 0 Å². The zero-order chi connectivity index (χ0) is 15.4. The average Bonchev–Trinajstić information content (AvgIpc) is 2.91. The van der Waals surface area contributed by atoms with Crippen molar-refractivity contribution in [2.24, 2.45) is 0 Å². The summed E-state index contributed by atoms with van der Waals surface area (Å²) >= 11 is 0. The summed E-state index contributed by atoms with van der Waals surface area (Å²) in [7, 11) is 0. The number of carboxylic acids is 1. The molecule has 110 valence electrons. The Balaban J connectivity index is 2.00. The van der Waals surface area contributed by atoms with E-state index in [0.29, 0.717) is 5.76 Å². The first kappa shape index (κ1) is 14.4. The van der Waals surface area contributed by atoms with Gasteiger partial charge in [0.15, 0.2) is 0 Å². The average molecular weight is 290 g/mol. The summed E-state index contributed by atoms with van der Waals surface area (Å²) < 4.78 is 5.16. The van der Waals surface area contributed by atoms with Gasteiger partial charge in [0.2, 0.25) is 0 Å². The third-order valence-corrected chi connectivity index (χ3v) is 2.80. The number of urea groups is 1. The fraction of sp³-hybridized carbons (Fsp3) is 0.143. The topological polar surface area (TPSA) is 112 Å². The van der Waals surface area contributed by atoms with Gasteiger partial charge in [-0.1, -0.05) is 0 Å². The van der Waals surface area contributed by atoms with E-state index in [9.17, 15) is 14.7 Å². The van der Waals surface area contributed by atoms with Crippen molar-refractivity contribution < 1.29 is 24.2 Å². The highest BCUT2D eigenvalue weighted by atomic mass is 16.4. The predicted octanol–water partition coefficient (Wildman–Crippen LogP) is 2.57. The second-order valence-corrected chi connectivity index (χ2v) is 4.37. The third-order valence-electron chi connectivity index (χ3n) is 2.80. The van der Waals surface area contributed by atoms with Gasteiger partial charge in [-0.25, -0.2) is 9.59 Å². The van der Waals surface area contributed by atoms with E-state index in [0.717, 1.165) is 0 Å². The highest BCUT2D eigenvalue weighted by Gasteiger charge is 2.13. The number of carbonyl (C=O) groups excluding carboxylic acids is 1. The minimum atomic E-state index is -1.24. The summed E-state index contributed by atoms with van der Waals surface area (Å²) in [5, 5.41) is 23.5. The minimum Gasteiger partial charge on any atom is -0.507 e. The Morgan fingerprint density at radius 2 is 2.05 bits per heavy atom. The fourth-order valence-corrected chi connectivity index (χ4v) is 1.76. The Bertz CT molecular complexity index is 651. The molecule has 0 radical (unpaired) electrons. The number of rotatable bonds is 4. The van der Waals surface area contributed by atoms with Crippen LogP contribution in [-0.2, 0) is 0 Å². The molecule has 21 heavy (non-hydrogen) atoms. The number of aromatic carboxylic acids is 1. The SMILES string of the molecule is CC(NC(=O)Nc1ccc(C(=O)O)c(O)c1)c1ccco1. The first-order chi connectivity index (χ1) is 9.97. The van der Waals surface area contributed by atoms with Crippen LogP contribution in [0.1, 0.15) is 29.1 Å². The monoisotopic (exact) mass is 290 g/mol. The molecule has 1 aromatic carbocycles. The van der Waals surface area contributed by atoms with Crippen LogP contribution < -0.4 is 10.6 Å². The lowest BCUT2D eigenvalue weighted by Gasteiger charge is -2.13. The Kier molecular flexibility index (Phi) is 4.13. The van der Waals surface area contributed by atoms with E-state index in [1.165, 1.54) is 24.5 Å². The van der Waals surface area contributed by atoms with E-state index in [1.54, 1.807) is 19.1 Å². The quantitative estimate of drug-likeness (QED) is 0.691. The van der Waals surface area contributed by atoms with Gasteiger partial charge < -0.3 is 25.3 Å². The highest BCUT2D eigenvalue weighted by molar-refractivity contribution is 5.94. The van der Waals surface area contributed by atoms with Crippen LogP contribution in [0.4, 0.5) is 10.5 Å². The number of anilines is 1. The van der Waals surface area contributed by atoms with Crippen molar-refractivity contribution in [2.75, 3.05) is 5.32 Å². The summed E-state index contributed by atoms with van der Waals surface area (Å²) in [6, 6.07) is 6.39. The van der Waals surface area contributed by atoms with E-state index in [2.05, 4.69) is 10.6 Å². The molecule has 0 aliphatic rings. The maximum Gasteiger partial charge on any atom is 0.339 e. The van der Waals surface area contributed by atoms with Gasteiger partial charge in [-0.05, 0) is 31.2 Å². The Morgan fingerprint density at radius 3 is 2.62 bits per heavy atom. The third kappa shape index (κ3) is 3.53. The van der Waals surface area contributed by atoms with Crippen LogP contribution in [0.15, 0.2) is 41.0 Å². The Hall–Kier alpha value is -2.96. The molecule has 0 aliphatic heterocycles. The van der Waals surface area contributed by atoms with Crippen LogP contribution in [-0.4, -0.2) is 22.2 Å². The molecule has 0 saturated heterocycles. The number of amides is 2. The van der Waals surface area contributed by atoms with Gasteiger partial charge in [-0.15, -0.1) is 0 Å². The summed E-state index contributed by atoms with van der Waals surface area (Å²) in [5.74, 6) is -1.05. The van der Waals surface area contributed by atoms with Gasteiger partial charge in [-0.3, -0.25) is 0 Å². The normalized spacial score (nSPS) is 11.7. The molecule has 1 heterocycles. The molecule has 0 fully saturated rings. The number of carbonyl (C=O) groups is 2. The molecule has 2 rings (SSSR count). The molecule has 0 aliphatic carbocycles. The number of aromatic hydroxyl groups is 1.